The maximum atomic E-state index is 12.8. The van der Waals surface area contributed by atoms with Gasteiger partial charge in [0.1, 0.15) is 18.1 Å². The van der Waals surface area contributed by atoms with Crippen molar-refractivity contribution in [1.82, 2.24) is 19.9 Å². The summed E-state index contributed by atoms with van der Waals surface area (Å²) >= 11 is 7.32. The van der Waals surface area contributed by atoms with Crippen LogP contribution in [0.25, 0.3) is 11.3 Å². The third-order valence-corrected chi connectivity index (χ3v) is 5.78. The van der Waals surface area contributed by atoms with Crippen molar-refractivity contribution in [2.75, 3.05) is 5.32 Å². The van der Waals surface area contributed by atoms with Crippen LogP contribution in [0, 0.1) is 13.8 Å². The Hall–Kier alpha value is -3.17. The smallest absolute Gasteiger partial charge is 0.280 e. The van der Waals surface area contributed by atoms with Gasteiger partial charge in [0.05, 0.1) is 17.5 Å². The number of benzene rings is 1. The van der Waals surface area contributed by atoms with Crippen molar-refractivity contribution in [3.8, 4) is 17.0 Å². The van der Waals surface area contributed by atoms with E-state index in [-0.39, 0.29) is 12.3 Å². The molecule has 0 radical (unpaired) electrons. The van der Waals surface area contributed by atoms with Gasteiger partial charge in [-0.15, -0.1) is 11.3 Å². The lowest BCUT2D eigenvalue weighted by atomic mass is 10.2. The topological polar surface area (TPSA) is 95.1 Å². The molecule has 0 aliphatic carbocycles. The molecule has 0 bridgehead atoms. The molecule has 4 aromatic rings. The number of anilines is 1. The van der Waals surface area contributed by atoms with Crippen molar-refractivity contribution in [2.24, 2.45) is 0 Å². The third-order valence-electron chi connectivity index (χ3n) is 4.78. The van der Waals surface area contributed by atoms with E-state index in [4.69, 9.17) is 20.9 Å². The molecule has 3 heterocycles. The number of nitrogens with one attached hydrogen (secondary N) is 1. The van der Waals surface area contributed by atoms with Gasteiger partial charge in [-0.2, -0.15) is 5.10 Å². The number of carbonyl (C=O) groups is 1. The van der Waals surface area contributed by atoms with E-state index in [1.165, 1.54) is 11.3 Å². The zero-order chi connectivity index (χ0) is 22.0. The second-order valence-corrected chi connectivity index (χ2v) is 8.06. The van der Waals surface area contributed by atoms with Gasteiger partial charge in [0.25, 0.3) is 5.91 Å². The van der Waals surface area contributed by atoms with Gasteiger partial charge in [-0.05, 0) is 39.0 Å². The monoisotopic (exact) mass is 457 g/mol. The SMILES string of the molecule is CCn1ncc(-c2csc(NC(=O)c3noc(C)c3COc3cccc(Cl)c3)n2)c1C. The average Bonchev–Trinajstić information content (AvgIpc) is 3.45. The first-order valence-electron chi connectivity index (χ1n) is 9.59. The van der Waals surface area contributed by atoms with Crippen molar-refractivity contribution in [1.29, 1.82) is 0 Å². The number of ether oxygens (including phenoxy) is 1. The van der Waals surface area contributed by atoms with Crippen LogP contribution in [0.3, 0.4) is 0 Å². The summed E-state index contributed by atoms with van der Waals surface area (Å²) in [5, 5.41) is 14.0. The maximum Gasteiger partial charge on any atom is 0.280 e. The van der Waals surface area contributed by atoms with Crippen molar-refractivity contribution in [2.45, 2.75) is 33.9 Å². The fourth-order valence-corrected chi connectivity index (χ4v) is 3.97. The molecule has 0 saturated carbocycles. The zero-order valence-electron chi connectivity index (χ0n) is 17.2. The predicted octanol–water partition coefficient (Wildman–Crippen LogP) is 5.12. The summed E-state index contributed by atoms with van der Waals surface area (Å²) in [6.07, 6.45) is 1.78. The molecule has 0 spiro atoms. The van der Waals surface area contributed by atoms with E-state index in [9.17, 15) is 4.79 Å². The summed E-state index contributed by atoms with van der Waals surface area (Å²) < 4.78 is 12.9. The number of halogens is 1. The molecule has 31 heavy (non-hydrogen) atoms. The summed E-state index contributed by atoms with van der Waals surface area (Å²) in [5.74, 6) is 0.685. The van der Waals surface area contributed by atoms with Crippen LogP contribution in [-0.4, -0.2) is 25.8 Å². The zero-order valence-corrected chi connectivity index (χ0v) is 18.8. The molecule has 0 aliphatic rings. The van der Waals surface area contributed by atoms with Crippen LogP contribution >= 0.6 is 22.9 Å². The minimum Gasteiger partial charge on any atom is -0.489 e. The van der Waals surface area contributed by atoms with E-state index in [0.717, 1.165) is 23.5 Å². The highest BCUT2D eigenvalue weighted by atomic mass is 35.5. The number of nitrogens with zero attached hydrogens (tertiary/aromatic N) is 4. The molecule has 8 nitrogen and oxygen atoms in total. The Balaban J connectivity index is 1.48. The number of thiazole rings is 1. The second-order valence-electron chi connectivity index (χ2n) is 6.76. The first-order chi connectivity index (χ1) is 15.0. The summed E-state index contributed by atoms with van der Waals surface area (Å²) in [4.78, 5) is 17.3. The number of carbonyl (C=O) groups excluding carboxylic acids is 1. The standard InChI is InChI=1S/C21H20ClN5O3S/c1-4-27-12(2)16(9-23-27)18-11-31-21(24-18)25-20(28)19-17(13(3)30-26-19)10-29-15-7-5-6-14(22)8-15/h5-9,11H,4,10H2,1-3H3,(H,24,25,28). The molecule has 0 saturated heterocycles. The Morgan fingerprint density at radius 2 is 2.19 bits per heavy atom. The summed E-state index contributed by atoms with van der Waals surface area (Å²) in [7, 11) is 0. The Bertz CT molecular complexity index is 1230. The minimum atomic E-state index is -0.414. The Labute approximate surface area is 187 Å². The average molecular weight is 458 g/mol. The van der Waals surface area contributed by atoms with Gasteiger partial charge in [0.2, 0.25) is 0 Å². The molecule has 0 fully saturated rings. The molecule has 4 rings (SSSR count). The number of rotatable bonds is 7. The Morgan fingerprint density at radius 3 is 2.94 bits per heavy atom. The molecular formula is C21H20ClN5O3S. The molecule has 1 amide bonds. The minimum absolute atomic E-state index is 0.122. The number of aryl methyl sites for hydroxylation is 2. The molecule has 1 aromatic carbocycles. The van der Waals surface area contributed by atoms with Crippen LogP contribution in [0.1, 0.15) is 34.4 Å². The van der Waals surface area contributed by atoms with E-state index >= 15 is 0 Å². The lowest BCUT2D eigenvalue weighted by Gasteiger charge is -2.07. The highest BCUT2D eigenvalue weighted by Gasteiger charge is 2.22. The highest BCUT2D eigenvalue weighted by molar-refractivity contribution is 7.14. The molecule has 0 atom stereocenters. The van der Waals surface area contributed by atoms with Crippen LogP contribution in [0.2, 0.25) is 5.02 Å². The van der Waals surface area contributed by atoms with Gasteiger partial charge in [0.15, 0.2) is 10.8 Å². The summed E-state index contributed by atoms with van der Waals surface area (Å²) in [6, 6.07) is 7.03. The molecule has 1 N–H and O–H groups in total. The van der Waals surface area contributed by atoms with Crippen molar-refractivity contribution in [3.05, 3.63) is 63.6 Å². The van der Waals surface area contributed by atoms with Crippen LogP contribution in [0.5, 0.6) is 5.75 Å². The molecule has 3 aromatic heterocycles. The Morgan fingerprint density at radius 1 is 1.35 bits per heavy atom. The fourth-order valence-electron chi connectivity index (χ4n) is 3.08. The number of aromatic nitrogens is 4. The van der Waals surface area contributed by atoms with Gasteiger partial charge >= 0.3 is 0 Å². The first kappa shape index (κ1) is 21.1. The van der Waals surface area contributed by atoms with E-state index in [0.29, 0.717) is 27.2 Å². The van der Waals surface area contributed by atoms with Gasteiger partial charge in [-0.25, -0.2) is 4.98 Å². The molecule has 10 heteroatoms. The largest absolute Gasteiger partial charge is 0.489 e. The fraction of sp³-hybridized carbons (Fsp3) is 0.238. The Kier molecular flexibility index (Phi) is 6.06. The van der Waals surface area contributed by atoms with Crippen LogP contribution in [-0.2, 0) is 13.2 Å². The number of hydrogen-bond acceptors (Lipinski definition) is 7. The van der Waals surface area contributed by atoms with Gasteiger partial charge < -0.3 is 9.26 Å². The normalized spacial score (nSPS) is 11.0. The highest BCUT2D eigenvalue weighted by Crippen LogP contribution is 2.28. The molecule has 160 valence electrons. The van der Waals surface area contributed by atoms with E-state index < -0.39 is 5.91 Å². The number of amides is 1. The quantitative estimate of drug-likeness (QED) is 0.414. The molecular weight excluding hydrogens is 438 g/mol. The van der Waals surface area contributed by atoms with Crippen LogP contribution in [0.15, 0.2) is 40.4 Å². The summed E-state index contributed by atoms with van der Waals surface area (Å²) in [6.45, 7) is 6.66. The molecule has 0 aliphatic heterocycles. The first-order valence-corrected chi connectivity index (χ1v) is 10.8. The van der Waals surface area contributed by atoms with E-state index in [1.54, 1.807) is 37.4 Å². The van der Waals surface area contributed by atoms with Crippen LogP contribution in [0.4, 0.5) is 5.13 Å². The van der Waals surface area contributed by atoms with Crippen LogP contribution < -0.4 is 10.1 Å². The number of hydrogen-bond donors (Lipinski definition) is 1. The second kappa shape index (κ2) is 8.91. The van der Waals surface area contributed by atoms with Gasteiger partial charge in [-0.1, -0.05) is 22.8 Å². The van der Waals surface area contributed by atoms with Crippen molar-refractivity contribution >= 4 is 34.0 Å². The molecule has 0 unspecified atom stereocenters. The van der Waals surface area contributed by atoms with E-state index in [2.05, 4.69) is 20.6 Å². The van der Waals surface area contributed by atoms with E-state index in [1.807, 2.05) is 23.9 Å². The van der Waals surface area contributed by atoms with Crippen molar-refractivity contribution < 1.29 is 14.1 Å². The maximum absolute atomic E-state index is 12.8. The lowest BCUT2D eigenvalue weighted by Crippen LogP contribution is -2.15. The predicted molar refractivity (Wildman–Crippen MR) is 119 cm³/mol. The van der Waals surface area contributed by atoms with Crippen molar-refractivity contribution in [3.63, 3.8) is 0 Å². The van der Waals surface area contributed by atoms with Gasteiger partial charge in [-0.3, -0.25) is 14.8 Å². The third kappa shape index (κ3) is 4.47. The van der Waals surface area contributed by atoms with Gasteiger partial charge in [0, 0.05) is 28.2 Å². The summed E-state index contributed by atoms with van der Waals surface area (Å²) in [5.41, 5.74) is 3.45. The lowest BCUT2D eigenvalue weighted by molar-refractivity contribution is 0.101.